The van der Waals surface area contributed by atoms with Gasteiger partial charge in [-0.25, -0.2) is 0 Å². The van der Waals surface area contributed by atoms with Crippen LogP contribution >= 0.6 is 35.0 Å². The lowest BCUT2D eigenvalue weighted by molar-refractivity contribution is -0.141. The Morgan fingerprint density at radius 1 is 1.33 bits per heavy atom. The average molecular weight is 431 g/mol. The number of hydrogen-bond donors (Lipinski definition) is 2. The Hall–Kier alpha value is -1.70. The molecule has 27 heavy (non-hydrogen) atoms. The number of rotatable bonds is 7. The number of thioether (sulfide) groups is 1. The Morgan fingerprint density at radius 2 is 2.00 bits per heavy atom. The van der Waals surface area contributed by atoms with Gasteiger partial charge in [-0.15, -0.1) is 11.8 Å². The number of hydrogen-bond acceptors (Lipinski definition) is 4. The summed E-state index contributed by atoms with van der Waals surface area (Å²) in [6.07, 6.45) is 4.71. The number of likely N-dealkylation sites (tertiary alicyclic amines) is 1. The maximum Gasteiger partial charge on any atom is 0.304 e. The zero-order valence-corrected chi connectivity index (χ0v) is 17.2. The number of carbonyl (C=O) groups is 3. The molecule has 1 fully saturated rings. The summed E-state index contributed by atoms with van der Waals surface area (Å²) in [7, 11) is 0. The molecule has 1 aromatic rings. The van der Waals surface area contributed by atoms with Gasteiger partial charge in [0.05, 0.1) is 22.5 Å². The van der Waals surface area contributed by atoms with Crippen LogP contribution < -0.4 is 5.32 Å². The first-order valence-corrected chi connectivity index (χ1v) is 10.2. The summed E-state index contributed by atoms with van der Waals surface area (Å²) in [5.74, 6) is -2.14. The highest BCUT2D eigenvalue weighted by Gasteiger charge is 2.31. The van der Waals surface area contributed by atoms with E-state index in [0.29, 0.717) is 28.7 Å². The molecule has 1 aliphatic heterocycles. The van der Waals surface area contributed by atoms with Gasteiger partial charge in [-0.2, -0.15) is 0 Å². The van der Waals surface area contributed by atoms with Crippen molar-refractivity contribution in [1.29, 1.82) is 0 Å². The lowest BCUT2D eigenvalue weighted by Crippen LogP contribution is -2.61. The third-order valence-corrected chi connectivity index (χ3v) is 5.96. The summed E-state index contributed by atoms with van der Waals surface area (Å²) >= 11 is 13.9. The number of benzene rings is 1. The van der Waals surface area contributed by atoms with Crippen molar-refractivity contribution in [1.82, 2.24) is 10.2 Å². The topological polar surface area (TPSA) is 86.7 Å². The van der Waals surface area contributed by atoms with E-state index in [9.17, 15) is 14.4 Å². The molecule has 0 unspecified atom stereocenters. The van der Waals surface area contributed by atoms with Gasteiger partial charge in [0, 0.05) is 30.0 Å². The molecule has 2 N–H and O–H groups in total. The van der Waals surface area contributed by atoms with Gasteiger partial charge >= 0.3 is 5.97 Å². The van der Waals surface area contributed by atoms with Gasteiger partial charge in [-0.1, -0.05) is 36.2 Å². The quantitative estimate of drug-likeness (QED) is 0.512. The van der Waals surface area contributed by atoms with Crippen LogP contribution in [-0.4, -0.2) is 53.2 Å². The lowest BCUT2D eigenvalue weighted by atomic mass is 10.0. The minimum atomic E-state index is -1.02. The Labute approximate surface area is 171 Å². The number of carbonyl (C=O) groups excluding carboxylic acids is 2. The first-order valence-electron chi connectivity index (χ1n) is 8.24. The third-order valence-electron chi connectivity index (χ3n) is 4.17. The monoisotopic (exact) mass is 430 g/mol. The molecule has 1 saturated heterocycles. The van der Waals surface area contributed by atoms with E-state index < -0.39 is 11.9 Å². The Morgan fingerprint density at radius 3 is 2.59 bits per heavy atom. The minimum Gasteiger partial charge on any atom is -0.481 e. The van der Waals surface area contributed by atoms with Crippen molar-refractivity contribution in [3.05, 3.63) is 33.8 Å². The smallest absolute Gasteiger partial charge is 0.304 e. The Kier molecular flexibility index (Phi) is 7.59. The highest BCUT2D eigenvalue weighted by Crippen LogP contribution is 2.35. The van der Waals surface area contributed by atoms with E-state index in [4.69, 9.17) is 28.3 Å². The third kappa shape index (κ3) is 5.64. The summed E-state index contributed by atoms with van der Waals surface area (Å²) in [5, 5.41) is 12.3. The average Bonchev–Trinajstić information content (AvgIpc) is 2.57. The van der Waals surface area contributed by atoms with Crippen LogP contribution in [0.3, 0.4) is 0 Å². The van der Waals surface area contributed by atoms with Crippen LogP contribution in [0.4, 0.5) is 0 Å². The van der Waals surface area contributed by atoms with Crippen molar-refractivity contribution < 1.29 is 19.5 Å². The molecule has 1 aromatic carbocycles. The first-order chi connectivity index (χ1) is 12.7. The van der Waals surface area contributed by atoms with E-state index in [2.05, 4.69) is 5.32 Å². The van der Waals surface area contributed by atoms with E-state index in [0.717, 1.165) is 4.90 Å². The van der Waals surface area contributed by atoms with E-state index in [1.165, 1.54) is 17.8 Å². The molecule has 2 rings (SSSR count). The first kappa shape index (κ1) is 21.6. The highest BCUT2D eigenvalue weighted by atomic mass is 35.5. The summed E-state index contributed by atoms with van der Waals surface area (Å²) in [6.45, 7) is 2.33. The Balaban J connectivity index is 1.85. The van der Waals surface area contributed by atoms with E-state index in [-0.39, 0.29) is 24.3 Å². The van der Waals surface area contributed by atoms with Gasteiger partial charge in [-0.3, -0.25) is 14.4 Å². The molecule has 0 saturated carbocycles. The number of nitrogens with zero attached hydrogens (tertiary/aromatic N) is 1. The van der Waals surface area contributed by atoms with Crippen molar-refractivity contribution >= 4 is 58.8 Å². The molecule has 6 nitrogen and oxygen atoms in total. The highest BCUT2D eigenvalue weighted by molar-refractivity contribution is 7.98. The number of amides is 2. The van der Waals surface area contributed by atoms with Crippen molar-refractivity contribution in [3.63, 3.8) is 0 Å². The SMILES string of the molecule is CSc1ccc(/C=C/C(=O)N2CC(NC(=O)[C@@H](C)CC(=O)O)C2)c(Cl)c1Cl. The summed E-state index contributed by atoms with van der Waals surface area (Å²) in [6, 6.07) is 3.48. The van der Waals surface area contributed by atoms with Crippen LogP contribution in [0, 0.1) is 5.92 Å². The molecule has 0 spiro atoms. The predicted molar refractivity (Wildman–Crippen MR) is 107 cm³/mol. The second-order valence-corrected chi connectivity index (χ2v) is 7.87. The number of halogens is 2. The molecule has 0 aromatic heterocycles. The number of aliphatic carboxylic acids is 1. The van der Waals surface area contributed by atoms with Gasteiger partial charge in [0.25, 0.3) is 0 Å². The van der Waals surface area contributed by atoms with Crippen molar-refractivity contribution in [3.8, 4) is 0 Å². The van der Waals surface area contributed by atoms with Crippen LogP contribution in [0.2, 0.25) is 10.0 Å². The van der Waals surface area contributed by atoms with Crippen LogP contribution in [-0.2, 0) is 14.4 Å². The number of nitrogens with one attached hydrogen (secondary N) is 1. The van der Waals surface area contributed by atoms with E-state index in [1.54, 1.807) is 24.0 Å². The molecular weight excluding hydrogens is 411 g/mol. The van der Waals surface area contributed by atoms with Crippen molar-refractivity contribution in [2.45, 2.75) is 24.3 Å². The molecule has 1 aliphatic rings. The van der Waals surface area contributed by atoms with Gasteiger partial charge in [-0.05, 0) is 24.0 Å². The minimum absolute atomic E-state index is 0.162. The normalized spacial score (nSPS) is 15.5. The fourth-order valence-electron chi connectivity index (χ4n) is 2.55. The molecule has 1 heterocycles. The van der Waals surface area contributed by atoms with Crippen molar-refractivity contribution in [2.24, 2.45) is 5.92 Å². The van der Waals surface area contributed by atoms with Crippen LogP contribution in [0.5, 0.6) is 0 Å². The van der Waals surface area contributed by atoms with Gasteiger partial charge < -0.3 is 15.3 Å². The fourth-order valence-corrected chi connectivity index (χ4v) is 3.72. The van der Waals surface area contributed by atoms with Gasteiger partial charge in [0.1, 0.15) is 0 Å². The molecule has 2 amide bonds. The van der Waals surface area contributed by atoms with Crippen LogP contribution in [0.1, 0.15) is 18.9 Å². The van der Waals surface area contributed by atoms with Crippen molar-refractivity contribution in [2.75, 3.05) is 19.3 Å². The molecular formula is C18H20Cl2N2O4S. The number of carboxylic acids is 1. The summed E-state index contributed by atoms with van der Waals surface area (Å²) < 4.78 is 0. The zero-order valence-electron chi connectivity index (χ0n) is 14.9. The molecule has 1 atom stereocenters. The Bertz CT molecular complexity index is 779. The second kappa shape index (κ2) is 9.48. The summed E-state index contributed by atoms with van der Waals surface area (Å²) in [5.41, 5.74) is 0.653. The molecule has 0 bridgehead atoms. The van der Waals surface area contributed by atoms with E-state index in [1.807, 2.05) is 12.3 Å². The molecule has 146 valence electrons. The van der Waals surface area contributed by atoms with Gasteiger partial charge in [0.15, 0.2) is 0 Å². The van der Waals surface area contributed by atoms with Gasteiger partial charge in [0.2, 0.25) is 11.8 Å². The maximum absolute atomic E-state index is 12.2. The zero-order chi connectivity index (χ0) is 20.1. The predicted octanol–water partition coefficient (Wildman–Crippen LogP) is 3.17. The molecule has 0 radical (unpaired) electrons. The van der Waals surface area contributed by atoms with Crippen LogP contribution in [0.15, 0.2) is 23.1 Å². The number of carboxylic acid groups (broad SMARTS) is 1. The molecule has 9 heteroatoms. The maximum atomic E-state index is 12.2. The van der Waals surface area contributed by atoms with Crippen LogP contribution in [0.25, 0.3) is 6.08 Å². The van der Waals surface area contributed by atoms with E-state index >= 15 is 0 Å². The summed E-state index contributed by atoms with van der Waals surface area (Å²) in [4.78, 5) is 37.1. The largest absolute Gasteiger partial charge is 0.481 e. The standard InChI is InChI=1S/C18H20Cl2N2O4S/c1-10(7-15(24)25)18(26)21-12-8-22(9-12)14(23)6-4-11-3-5-13(27-2)17(20)16(11)19/h3-6,10,12H,7-9H2,1-2H3,(H,21,26)(H,24,25)/b6-4+/t10-/m0/s1. The molecule has 0 aliphatic carbocycles. The second-order valence-electron chi connectivity index (χ2n) is 6.27. The lowest BCUT2D eigenvalue weighted by Gasteiger charge is -2.39. The fraction of sp³-hybridized carbons (Fsp3) is 0.389.